The van der Waals surface area contributed by atoms with Gasteiger partial charge in [0.05, 0.1) is 14.2 Å². The number of ether oxygens (including phenoxy) is 3. The van der Waals surface area contributed by atoms with Gasteiger partial charge in [0, 0.05) is 12.0 Å². The van der Waals surface area contributed by atoms with Crippen molar-refractivity contribution in [3.63, 3.8) is 0 Å². The minimum absolute atomic E-state index is 0.210. The molecule has 3 nitrogen and oxygen atoms in total. The van der Waals surface area contributed by atoms with Gasteiger partial charge in [-0.2, -0.15) is 0 Å². The van der Waals surface area contributed by atoms with Gasteiger partial charge in [-0.15, -0.1) is 0 Å². The van der Waals surface area contributed by atoms with Crippen LogP contribution in [0, 0.1) is 17.8 Å². The monoisotopic (exact) mass is 302 g/mol. The average Bonchev–Trinajstić information content (AvgIpc) is 2.50. The summed E-state index contributed by atoms with van der Waals surface area (Å²) in [5.41, 5.74) is 1.01. The van der Waals surface area contributed by atoms with Crippen molar-refractivity contribution < 1.29 is 14.2 Å². The van der Waals surface area contributed by atoms with Gasteiger partial charge >= 0.3 is 0 Å². The second-order valence-corrected chi connectivity index (χ2v) is 7.00. The highest BCUT2D eigenvalue weighted by Gasteiger charge is 2.43. The van der Waals surface area contributed by atoms with E-state index in [0.717, 1.165) is 23.7 Å². The van der Waals surface area contributed by atoms with Gasteiger partial charge in [0.2, 0.25) is 0 Å². The van der Waals surface area contributed by atoms with Crippen LogP contribution in [0.3, 0.4) is 0 Å². The first-order chi connectivity index (χ1) is 10.5. The molecule has 1 aliphatic carbocycles. The molecule has 1 heterocycles. The van der Waals surface area contributed by atoms with E-state index in [4.69, 9.17) is 14.2 Å². The maximum atomic E-state index is 6.37. The summed E-state index contributed by atoms with van der Waals surface area (Å²) in [5.74, 6) is 4.25. The van der Waals surface area contributed by atoms with Crippen LogP contribution in [-0.4, -0.2) is 19.8 Å². The summed E-state index contributed by atoms with van der Waals surface area (Å²) in [7, 11) is 3.33. The fourth-order valence-corrected chi connectivity index (χ4v) is 3.65. The molecule has 1 aromatic carbocycles. The van der Waals surface area contributed by atoms with Crippen LogP contribution < -0.4 is 14.2 Å². The largest absolute Gasteiger partial charge is 0.493 e. The summed E-state index contributed by atoms with van der Waals surface area (Å²) >= 11 is 0. The third-order valence-corrected chi connectivity index (χ3v) is 5.26. The molecule has 3 rings (SSSR count). The Kier molecular flexibility index (Phi) is 3.84. The van der Waals surface area contributed by atoms with Gasteiger partial charge in [-0.1, -0.05) is 19.9 Å². The summed E-state index contributed by atoms with van der Waals surface area (Å²) < 4.78 is 17.2. The maximum absolute atomic E-state index is 6.37. The summed E-state index contributed by atoms with van der Waals surface area (Å²) in [4.78, 5) is 0. The molecule has 0 spiro atoms. The molecule has 3 heteroatoms. The molecular weight excluding hydrogens is 276 g/mol. The summed E-state index contributed by atoms with van der Waals surface area (Å²) in [6, 6.07) is 4.02. The highest BCUT2D eigenvalue weighted by Crippen LogP contribution is 2.47. The zero-order chi connectivity index (χ0) is 15.9. The second-order valence-electron chi connectivity index (χ2n) is 7.00. The van der Waals surface area contributed by atoms with Crippen molar-refractivity contribution in [3.8, 4) is 17.2 Å². The van der Waals surface area contributed by atoms with Crippen molar-refractivity contribution in [3.05, 3.63) is 29.8 Å². The van der Waals surface area contributed by atoms with Crippen LogP contribution in [0.25, 0.3) is 0 Å². The molecule has 0 unspecified atom stereocenters. The predicted octanol–water partition coefficient (Wildman–Crippen LogP) is 4.25. The van der Waals surface area contributed by atoms with E-state index >= 15 is 0 Å². The van der Waals surface area contributed by atoms with Crippen molar-refractivity contribution >= 4 is 0 Å². The van der Waals surface area contributed by atoms with E-state index in [2.05, 4.69) is 39.0 Å². The molecule has 0 amide bonds. The Morgan fingerprint density at radius 3 is 2.50 bits per heavy atom. The van der Waals surface area contributed by atoms with E-state index in [-0.39, 0.29) is 5.60 Å². The topological polar surface area (TPSA) is 27.7 Å². The van der Waals surface area contributed by atoms with Crippen LogP contribution in [0.5, 0.6) is 17.2 Å². The normalized spacial score (nSPS) is 29.5. The van der Waals surface area contributed by atoms with Crippen molar-refractivity contribution in [2.24, 2.45) is 17.8 Å². The van der Waals surface area contributed by atoms with Crippen LogP contribution >= 0.6 is 0 Å². The highest BCUT2D eigenvalue weighted by atomic mass is 16.5. The maximum Gasteiger partial charge on any atom is 0.164 e. The predicted molar refractivity (Wildman–Crippen MR) is 87.9 cm³/mol. The minimum Gasteiger partial charge on any atom is -0.493 e. The van der Waals surface area contributed by atoms with Gasteiger partial charge in [-0.3, -0.25) is 0 Å². The lowest BCUT2D eigenvalue weighted by molar-refractivity contribution is 0.0317. The average molecular weight is 302 g/mol. The first-order valence-corrected chi connectivity index (χ1v) is 8.10. The van der Waals surface area contributed by atoms with Crippen molar-refractivity contribution in [1.82, 2.24) is 0 Å². The Morgan fingerprint density at radius 1 is 1.18 bits per heavy atom. The van der Waals surface area contributed by atoms with Crippen LogP contribution in [0.1, 0.15) is 32.8 Å². The number of fused-ring (bicyclic) bond motifs is 2. The van der Waals surface area contributed by atoms with Crippen LogP contribution in [0.15, 0.2) is 24.3 Å². The van der Waals surface area contributed by atoms with Crippen LogP contribution in [0.2, 0.25) is 0 Å². The van der Waals surface area contributed by atoms with E-state index in [0.29, 0.717) is 17.8 Å². The molecule has 0 N–H and O–H groups in total. The molecule has 0 radical (unpaired) electrons. The number of hydrogen-bond donors (Lipinski definition) is 0. The standard InChI is InChI=1S/C19H26O3/c1-12(2)13-6-7-19(3)15(8-13)9-14-10-17(20-4)18(21-5)11-16(14)22-19/h6-7,10-13,15H,8-9H2,1-5H3/t13-,15-,19-/m1/s1. The Hall–Kier alpha value is -1.64. The molecule has 0 saturated carbocycles. The van der Waals surface area contributed by atoms with Gasteiger partial charge in [-0.25, -0.2) is 0 Å². The lowest BCUT2D eigenvalue weighted by Gasteiger charge is -2.45. The van der Waals surface area contributed by atoms with E-state index < -0.39 is 0 Å². The van der Waals surface area contributed by atoms with Crippen LogP contribution in [0.4, 0.5) is 0 Å². The molecular formula is C19H26O3. The van der Waals surface area contributed by atoms with Gasteiger partial charge in [0.25, 0.3) is 0 Å². The van der Waals surface area contributed by atoms with Gasteiger partial charge in [0.15, 0.2) is 11.5 Å². The Bertz CT molecular complexity index is 591. The number of allylic oxidation sites excluding steroid dienone is 1. The van der Waals surface area contributed by atoms with Gasteiger partial charge < -0.3 is 14.2 Å². The molecule has 3 atom stereocenters. The Balaban J connectivity index is 1.96. The van der Waals surface area contributed by atoms with E-state index in [1.807, 2.05) is 6.07 Å². The molecule has 1 aliphatic heterocycles. The second kappa shape index (κ2) is 5.53. The highest BCUT2D eigenvalue weighted by molar-refractivity contribution is 5.52. The smallest absolute Gasteiger partial charge is 0.164 e. The quantitative estimate of drug-likeness (QED) is 0.781. The molecule has 0 aromatic heterocycles. The first-order valence-electron chi connectivity index (χ1n) is 8.10. The molecule has 2 aliphatic rings. The minimum atomic E-state index is -0.210. The SMILES string of the molecule is COc1cc2c(cc1OC)O[C@]1(C)C=C[C@@H](C(C)C)C[C@@H]1C2. The zero-order valence-electron chi connectivity index (χ0n) is 14.2. The third-order valence-electron chi connectivity index (χ3n) is 5.26. The zero-order valence-corrected chi connectivity index (χ0v) is 14.2. The molecule has 120 valence electrons. The van der Waals surface area contributed by atoms with E-state index in [1.54, 1.807) is 14.2 Å². The van der Waals surface area contributed by atoms with E-state index in [9.17, 15) is 0 Å². The van der Waals surface area contributed by atoms with Gasteiger partial charge in [0.1, 0.15) is 11.4 Å². The summed E-state index contributed by atoms with van der Waals surface area (Å²) in [6.45, 7) is 6.79. The van der Waals surface area contributed by atoms with Crippen molar-refractivity contribution in [2.75, 3.05) is 14.2 Å². The summed E-state index contributed by atoms with van der Waals surface area (Å²) in [6.07, 6.45) is 6.82. The Morgan fingerprint density at radius 2 is 1.86 bits per heavy atom. The van der Waals surface area contributed by atoms with Crippen molar-refractivity contribution in [2.45, 2.75) is 39.2 Å². The molecule has 0 saturated heterocycles. The Labute approximate surface area is 133 Å². The molecule has 0 bridgehead atoms. The van der Waals surface area contributed by atoms with Crippen molar-refractivity contribution in [1.29, 1.82) is 0 Å². The van der Waals surface area contributed by atoms with E-state index in [1.165, 1.54) is 12.0 Å². The number of benzene rings is 1. The molecule has 1 aromatic rings. The number of methoxy groups -OCH3 is 2. The lowest BCUT2D eigenvalue weighted by Crippen LogP contribution is -2.46. The summed E-state index contributed by atoms with van der Waals surface area (Å²) in [5, 5.41) is 0. The number of hydrogen-bond acceptors (Lipinski definition) is 3. The molecule has 22 heavy (non-hydrogen) atoms. The lowest BCUT2D eigenvalue weighted by atomic mass is 9.70. The van der Waals surface area contributed by atoms with Crippen LogP contribution in [-0.2, 0) is 6.42 Å². The fraction of sp³-hybridized carbons (Fsp3) is 0.579. The fourth-order valence-electron chi connectivity index (χ4n) is 3.65. The van der Waals surface area contributed by atoms with Gasteiger partial charge in [-0.05, 0) is 49.3 Å². The molecule has 0 fully saturated rings. The third kappa shape index (κ3) is 2.47. The first kappa shape index (κ1) is 15.3. The number of rotatable bonds is 3.